The van der Waals surface area contributed by atoms with Gasteiger partial charge in [-0.15, -0.1) is 0 Å². The third-order valence-corrected chi connectivity index (χ3v) is 7.82. The van der Waals surface area contributed by atoms with E-state index in [1.54, 1.807) is 14.2 Å². The summed E-state index contributed by atoms with van der Waals surface area (Å²) >= 11 is 0. The van der Waals surface area contributed by atoms with Gasteiger partial charge in [-0.2, -0.15) is 5.26 Å². The molecule has 0 saturated carbocycles. The average molecular weight is 477 g/mol. The summed E-state index contributed by atoms with van der Waals surface area (Å²) in [6.45, 7) is 10.1. The van der Waals surface area contributed by atoms with Crippen molar-refractivity contribution in [2.75, 3.05) is 20.8 Å². The molecule has 0 fully saturated rings. The van der Waals surface area contributed by atoms with Crippen molar-refractivity contribution in [1.29, 1.82) is 5.26 Å². The minimum Gasteiger partial charge on any atom is -0.496 e. The fourth-order valence-corrected chi connectivity index (χ4v) is 5.04. The molecule has 1 atom stereocenters. The molecule has 1 unspecified atom stereocenters. The Balaban J connectivity index is 1.85. The number of H-pyrrole nitrogens is 1. The highest BCUT2D eigenvalue weighted by atomic mass is 28.3. The molecule has 0 aliphatic heterocycles. The third-order valence-electron chi connectivity index (χ3n) is 6.12. The molecule has 0 amide bonds. The van der Waals surface area contributed by atoms with Gasteiger partial charge < -0.3 is 23.8 Å². The molecule has 0 aliphatic rings. The first-order chi connectivity index (χ1) is 16.3. The number of aromatic amines is 1. The summed E-state index contributed by atoms with van der Waals surface area (Å²) in [5, 5.41) is 10.4. The summed E-state index contributed by atoms with van der Waals surface area (Å²) in [7, 11) is 2.14. The Hall–Kier alpha value is -3.12. The van der Waals surface area contributed by atoms with Gasteiger partial charge in [0.25, 0.3) is 0 Å². The van der Waals surface area contributed by atoms with Crippen LogP contribution in [0.3, 0.4) is 0 Å². The number of hydrogen-bond donors (Lipinski definition) is 1. The SMILES string of the molecule is COc1cc(C)c2[nH]ccc2c1C(OC)c1nc2cc(C#N)ccc2n1COCC[Si](C)(C)C. The topological polar surface area (TPSA) is 85.1 Å². The molecule has 7 nitrogen and oxygen atoms in total. The van der Waals surface area contributed by atoms with Crippen LogP contribution in [0.5, 0.6) is 5.75 Å². The van der Waals surface area contributed by atoms with Crippen molar-refractivity contribution in [2.45, 2.75) is 45.4 Å². The first-order valence-electron chi connectivity index (χ1n) is 11.4. The van der Waals surface area contributed by atoms with Crippen LogP contribution in [-0.2, 0) is 16.2 Å². The number of methoxy groups -OCH3 is 2. The maximum Gasteiger partial charge on any atom is 0.145 e. The second-order valence-corrected chi connectivity index (χ2v) is 15.4. The molecular weight excluding hydrogens is 444 g/mol. The van der Waals surface area contributed by atoms with Crippen LogP contribution in [0.2, 0.25) is 25.7 Å². The molecule has 0 aliphatic carbocycles. The van der Waals surface area contributed by atoms with E-state index in [1.807, 2.05) is 41.1 Å². The average Bonchev–Trinajstić information content (AvgIpc) is 3.43. The van der Waals surface area contributed by atoms with Crippen molar-refractivity contribution in [3.05, 3.63) is 59.0 Å². The number of hydrogen-bond acceptors (Lipinski definition) is 5. The van der Waals surface area contributed by atoms with Crippen LogP contribution in [0, 0.1) is 18.3 Å². The van der Waals surface area contributed by atoms with Crippen molar-refractivity contribution in [3.8, 4) is 11.8 Å². The maximum absolute atomic E-state index is 9.39. The monoisotopic (exact) mass is 476 g/mol. The number of benzene rings is 2. The molecule has 178 valence electrons. The maximum atomic E-state index is 9.39. The summed E-state index contributed by atoms with van der Waals surface area (Å²) in [5.41, 5.74) is 5.25. The number of aromatic nitrogens is 3. The van der Waals surface area contributed by atoms with Gasteiger partial charge in [0.2, 0.25) is 0 Å². The number of ether oxygens (including phenoxy) is 3. The van der Waals surface area contributed by atoms with E-state index in [0.29, 0.717) is 24.7 Å². The molecule has 4 rings (SSSR count). The van der Waals surface area contributed by atoms with Gasteiger partial charge >= 0.3 is 0 Å². The van der Waals surface area contributed by atoms with E-state index in [-0.39, 0.29) is 0 Å². The van der Waals surface area contributed by atoms with Gasteiger partial charge in [0.05, 0.1) is 29.8 Å². The molecule has 0 bridgehead atoms. The molecular formula is C26H32N4O3Si. The highest BCUT2D eigenvalue weighted by Gasteiger charge is 2.28. The molecule has 0 saturated heterocycles. The standard InChI is InChI=1S/C26H32N4O3Si/c1-17-13-22(31-2)23(19-9-10-28-24(17)19)25(32-3)26-29-20-14-18(15-27)7-8-21(20)30(26)16-33-11-12-34(4,5)6/h7-10,13-14,25,28H,11-12,16H2,1-6H3. The first-order valence-corrected chi connectivity index (χ1v) is 15.1. The quantitative estimate of drug-likeness (QED) is 0.245. The predicted octanol–water partition coefficient (Wildman–Crippen LogP) is 5.75. The molecule has 2 heterocycles. The molecule has 2 aromatic heterocycles. The fourth-order valence-electron chi connectivity index (χ4n) is 4.28. The molecule has 2 aromatic carbocycles. The van der Waals surface area contributed by atoms with Crippen LogP contribution in [0.25, 0.3) is 21.9 Å². The lowest BCUT2D eigenvalue weighted by Crippen LogP contribution is -2.22. The summed E-state index contributed by atoms with van der Waals surface area (Å²) < 4.78 is 20.1. The van der Waals surface area contributed by atoms with Gasteiger partial charge in [-0.25, -0.2) is 4.98 Å². The van der Waals surface area contributed by atoms with E-state index >= 15 is 0 Å². The zero-order chi connectivity index (χ0) is 24.5. The first kappa shape index (κ1) is 24.0. The zero-order valence-electron chi connectivity index (χ0n) is 20.7. The lowest BCUT2D eigenvalue weighted by molar-refractivity contribution is 0.0737. The molecule has 1 N–H and O–H groups in total. The Kier molecular flexibility index (Phi) is 6.80. The van der Waals surface area contributed by atoms with Gasteiger partial charge in [-0.05, 0) is 48.9 Å². The Morgan fingerprint density at radius 2 is 1.97 bits per heavy atom. The van der Waals surface area contributed by atoms with E-state index in [1.165, 1.54) is 0 Å². The van der Waals surface area contributed by atoms with Crippen LogP contribution >= 0.6 is 0 Å². The van der Waals surface area contributed by atoms with Crippen LogP contribution in [-0.4, -0.2) is 43.4 Å². The van der Waals surface area contributed by atoms with Crippen molar-refractivity contribution in [3.63, 3.8) is 0 Å². The van der Waals surface area contributed by atoms with Gasteiger partial charge in [0.15, 0.2) is 0 Å². The fraction of sp³-hybridized carbons (Fsp3) is 0.385. The van der Waals surface area contributed by atoms with Gasteiger partial charge in [-0.3, -0.25) is 0 Å². The Morgan fingerprint density at radius 3 is 2.65 bits per heavy atom. The summed E-state index contributed by atoms with van der Waals surface area (Å²) in [6.07, 6.45) is 1.43. The lowest BCUT2D eigenvalue weighted by Gasteiger charge is -2.22. The van der Waals surface area contributed by atoms with E-state index in [0.717, 1.165) is 44.9 Å². The van der Waals surface area contributed by atoms with Crippen LogP contribution < -0.4 is 4.74 Å². The van der Waals surface area contributed by atoms with Crippen molar-refractivity contribution < 1.29 is 14.2 Å². The Bertz CT molecular complexity index is 1360. The number of rotatable bonds is 9. The minimum absolute atomic E-state index is 0.354. The molecule has 0 spiro atoms. The predicted molar refractivity (Wildman–Crippen MR) is 137 cm³/mol. The third kappa shape index (κ3) is 4.60. The van der Waals surface area contributed by atoms with Crippen molar-refractivity contribution in [1.82, 2.24) is 14.5 Å². The van der Waals surface area contributed by atoms with E-state index in [4.69, 9.17) is 19.2 Å². The van der Waals surface area contributed by atoms with Gasteiger partial charge in [-0.1, -0.05) is 19.6 Å². The lowest BCUT2D eigenvalue weighted by atomic mass is 9.99. The second kappa shape index (κ2) is 9.62. The summed E-state index contributed by atoms with van der Waals surface area (Å²) in [5.74, 6) is 1.46. The number of nitrogens with zero attached hydrogens (tertiary/aromatic N) is 3. The molecule has 0 radical (unpaired) electrons. The summed E-state index contributed by atoms with van der Waals surface area (Å²) in [4.78, 5) is 8.26. The smallest absolute Gasteiger partial charge is 0.145 e. The molecule has 34 heavy (non-hydrogen) atoms. The molecule has 8 heteroatoms. The van der Waals surface area contributed by atoms with Crippen molar-refractivity contribution in [2.24, 2.45) is 0 Å². The number of aryl methyl sites for hydroxylation is 1. The normalized spacial score (nSPS) is 12.9. The minimum atomic E-state index is -1.21. The van der Waals surface area contributed by atoms with E-state index in [9.17, 15) is 5.26 Å². The Labute approximate surface area is 201 Å². The number of fused-ring (bicyclic) bond motifs is 2. The van der Waals surface area contributed by atoms with Gasteiger partial charge in [0, 0.05) is 44.5 Å². The highest BCUT2D eigenvalue weighted by molar-refractivity contribution is 6.76. The summed E-state index contributed by atoms with van der Waals surface area (Å²) in [6, 6.07) is 12.9. The highest BCUT2D eigenvalue weighted by Crippen LogP contribution is 2.40. The molecule has 4 aromatic rings. The number of imidazole rings is 1. The Morgan fingerprint density at radius 1 is 1.18 bits per heavy atom. The van der Waals surface area contributed by atoms with Gasteiger partial charge in [0.1, 0.15) is 24.4 Å². The zero-order valence-corrected chi connectivity index (χ0v) is 21.7. The largest absolute Gasteiger partial charge is 0.496 e. The van der Waals surface area contributed by atoms with E-state index < -0.39 is 14.2 Å². The van der Waals surface area contributed by atoms with Crippen LogP contribution in [0.1, 0.15) is 28.6 Å². The second-order valence-electron chi connectivity index (χ2n) is 9.75. The van der Waals surface area contributed by atoms with Crippen LogP contribution in [0.15, 0.2) is 36.5 Å². The van der Waals surface area contributed by atoms with Crippen molar-refractivity contribution >= 4 is 30.0 Å². The number of nitriles is 1. The van der Waals surface area contributed by atoms with E-state index in [2.05, 4.69) is 37.6 Å². The van der Waals surface area contributed by atoms with Crippen LogP contribution in [0.4, 0.5) is 0 Å². The number of nitrogens with one attached hydrogen (secondary N) is 1.